The third-order valence-corrected chi connectivity index (χ3v) is 3.44. The highest BCUT2D eigenvalue weighted by Crippen LogP contribution is 2.18. The molecule has 0 saturated heterocycles. The first kappa shape index (κ1) is 19.6. The standard InChI is InChI=1S/C20H26N2O4/c1-3-24-12-13-26-19-7-5-6-17(14-19)21-15-20(23)22-16-8-10-18(11-9-16)25-4-2/h5-11,14,21H,3-4,12-13,15H2,1-2H3,(H,22,23). The zero-order valence-corrected chi connectivity index (χ0v) is 15.3. The van der Waals surface area contributed by atoms with Gasteiger partial charge in [-0.05, 0) is 50.2 Å². The first-order valence-corrected chi connectivity index (χ1v) is 8.78. The van der Waals surface area contributed by atoms with Crippen molar-refractivity contribution in [2.24, 2.45) is 0 Å². The minimum absolute atomic E-state index is 0.128. The second-order valence-corrected chi connectivity index (χ2v) is 5.43. The van der Waals surface area contributed by atoms with Gasteiger partial charge in [0.2, 0.25) is 5.91 Å². The van der Waals surface area contributed by atoms with E-state index in [9.17, 15) is 4.79 Å². The molecule has 0 bridgehead atoms. The molecule has 0 atom stereocenters. The van der Waals surface area contributed by atoms with E-state index in [1.54, 1.807) is 0 Å². The molecule has 2 aromatic carbocycles. The van der Waals surface area contributed by atoms with E-state index in [1.165, 1.54) is 0 Å². The minimum Gasteiger partial charge on any atom is -0.494 e. The second kappa shape index (κ2) is 11.0. The number of anilines is 2. The average Bonchev–Trinajstić information content (AvgIpc) is 2.66. The smallest absolute Gasteiger partial charge is 0.243 e. The van der Waals surface area contributed by atoms with Gasteiger partial charge in [0.15, 0.2) is 0 Å². The fraction of sp³-hybridized carbons (Fsp3) is 0.350. The van der Waals surface area contributed by atoms with Gasteiger partial charge in [-0.2, -0.15) is 0 Å². The molecular formula is C20H26N2O4. The van der Waals surface area contributed by atoms with E-state index < -0.39 is 0 Å². The van der Waals surface area contributed by atoms with E-state index in [1.807, 2.05) is 62.4 Å². The first-order valence-electron chi connectivity index (χ1n) is 8.78. The zero-order chi connectivity index (χ0) is 18.6. The Hall–Kier alpha value is -2.73. The molecule has 0 aliphatic carbocycles. The van der Waals surface area contributed by atoms with Gasteiger partial charge in [0.05, 0.1) is 19.8 Å². The Morgan fingerprint density at radius 3 is 2.42 bits per heavy atom. The zero-order valence-electron chi connectivity index (χ0n) is 15.3. The number of hydrogen-bond acceptors (Lipinski definition) is 5. The molecule has 0 aliphatic rings. The number of nitrogens with one attached hydrogen (secondary N) is 2. The van der Waals surface area contributed by atoms with E-state index >= 15 is 0 Å². The lowest BCUT2D eigenvalue weighted by atomic mass is 10.3. The van der Waals surface area contributed by atoms with E-state index in [2.05, 4.69) is 10.6 Å². The van der Waals surface area contributed by atoms with Crippen LogP contribution in [0.3, 0.4) is 0 Å². The van der Waals surface area contributed by atoms with Crippen molar-refractivity contribution in [1.82, 2.24) is 0 Å². The van der Waals surface area contributed by atoms with Crippen molar-refractivity contribution in [3.8, 4) is 11.5 Å². The first-order chi connectivity index (χ1) is 12.7. The minimum atomic E-state index is -0.128. The van der Waals surface area contributed by atoms with Crippen LogP contribution < -0.4 is 20.1 Å². The summed E-state index contributed by atoms with van der Waals surface area (Å²) in [7, 11) is 0. The molecule has 0 unspecified atom stereocenters. The van der Waals surface area contributed by atoms with Crippen LogP contribution in [0, 0.1) is 0 Å². The van der Waals surface area contributed by atoms with Crippen molar-refractivity contribution in [1.29, 1.82) is 0 Å². The topological polar surface area (TPSA) is 68.8 Å². The van der Waals surface area contributed by atoms with Crippen LogP contribution in [-0.2, 0) is 9.53 Å². The molecule has 0 aromatic heterocycles. The molecular weight excluding hydrogens is 332 g/mol. The quantitative estimate of drug-likeness (QED) is 0.601. The van der Waals surface area contributed by atoms with Crippen molar-refractivity contribution in [3.63, 3.8) is 0 Å². The summed E-state index contributed by atoms with van der Waals surface area (Å²) in [6, 6.07) is 14.8. The normalized spacial score (nSPS) is 10.2. The van der Waals surface area contributed by atoms with Gasteiger partial charge in [0, 0.05) is 24.0 Å². The van der Waals surface area contributed by atoms with Crippen LogP contribution in [0.1, 0.15) is 13.8 Å². The SMILES string of the molecule is CCOCCOc1cccc(NCC(=O)Nc2ccc(OCC)cc2)c1. The summed E-state index contributed by atoms with van der Waals surface area (Å²) < 4.78 is 16.2. The number of hydrogen-bond donors (Lipinski definition) is 2. The van der Waals surface area contributed by atoms with Crippen molar-refractivity contribution < 1.29 is 19.0 Å². The van der Waals surface area contributed by atoms with Crippen LogP contribution >= 0.6 is 0 Å². The lowest BCUT2D eigenvalue weighted by Gasteiger charge is -2.11. The molecule has 6 heteroatoms. The Labute approximate surface area is 154 Å². The van der Waals surface area contributed by atoms with Gasteiger partial charge in [-0.15, -0.1) is 0 Å². The average molecular weight is 358 g/mol. The molecule has 0 radical (unpaired) electrons. The number of benzene rings is 2. The molecule has 0 fully saturated rings. The molecule has 0 aliphatic heterocycles. The molecule has 2 N–H and O–H groups in total. The van der Waals surface area contributed by atoms with Crippen LogP contribution in [0.4, 0.5) is 11.4 Å². The van der Waals surface area contributed by atoms with Crippen molar-refractivity contribution in [2.45, 2.75) is 13.8 Å². The Kier molecular flexibility index (Phi) is 8.29. The van der Waals surface area contributed by atoms with Crippen molar-refractivity contribution in [2.75, 3.05) is 43.6 Å². The predicted octanol–water partition coefficient (Wildman–Crippen LogP) is 3.55. The van der Waals surface area contributed by atoms with Crippen molar-refractivity contribution >= 4 is 17.3 Å². The highest BCUT2D eigenvalue weighted by atomic mass is 16.5. The maximum absolute atomic E-state index is 12.1. The number of amides is 1. The maximum atomic E-state index is 12.1. The van der Waals surface area contributed by atoms with Gasteiger partial charge < -0.3 is 24.8 Å². The number of ether oxygens (including phenoxy) is 3. The molecule has 0 saturated carbocycles. The third kappa shape index (κ3) is 7.03. The van der Waals surface area contributed by atoms with Gasteiger partial charge >= 0.3 is 0 Å². The van der Waals surface area contributed by atoms with E-state index in [-0.39, 0.29) is 12.5 Å². The van der Waals surface area contributed by atoms with Crippen LogP contribution in [0.2, 0.25) is 0 Å². The van der Waals surface area contributed by atoms with E-state index in [0.29, 0.717) is 26.4 Å². The van der Waals surface area contributed by atoms with Crippen molar-refractivity contribution in [3.05, 3.63) is 48.5 Å². The molecule has 6 nitrogen and oxygen atoms in total. The van der Waals surface area contributed by atoms with E-state index in [0.717, 1.165) is 22.9 Å². The Balaban J connectivity index is 1.77. The van der Waals surface area contributed by atoms with Gasteiger partial charge in [0.1, 0.15) is 18.1 Å². The van der Waals surface area contributed by atoms with Crippen LogP contribution in [-0.4, -0.2) is 38.9 Å². The van der Waals surface area contributed by atoms with Gasteiger partial charge in [0.25, 0.3) is 0 Å². The lowest BCUT2D eigenvalue weighted by Crippen LogP contribution is -2.21. The summed E-state index contributed by atoms with van der Waals surface area (Å²) in [5.41, 5.74) is 1.55. The second-order valence-electron chi connectivity index (χ2n) is 5.43. The highest BCUT2D eigenvalue weighted by molar-refractivity contribution is 5.93. The lowest BCUT2D eigenvalue weighted by molar-refractivity contribution is -0.114. The summed E-state index contributed by atoms with van der Waals surface area (Å²) in [6.07, 6.45) is 0. The summed E-state index contributed by atoms with van der Waals surface area (Å²) >= 11 is 0. The summed E-state index contributed by atoms with van der Waals surface area (Å²) in [5.74, 6) is 1.39. The largest absolute Gasteiger partial charge is 0.494 e. The third-order valence-electron chi connectivity index (χ3n) is 3.44. The summed E-state index contributed by atoms with van der Waals surface area (Å²) in [5, 5.41) is 5.93. The number of rotatable bonds is 11. The molecule has 2 rings (SSSR count). The summed E-state index contributed by atoms with van der Waals surface area (Å²) in [6.45, 7) is 6.38. The molecule has 1 amide bonds. The van der Waals surface area contributed by atoms with Crippen LogP contribution in [0.5, 0.6) is 11.5 Å². The highest BCUT2D eigenvalue weighted by Gasteiger charge is 2.04. The van der Waals surface area contributed by atoms with Gasteiger partial charge in [-0.3, -0.25) is 4.79 Å². The molecule has 140 valence electrons. The van der Waals surface area contributed by atoms with E-state index in [4.69, 9.17) is 14.2 Å². The van der Waals surface area contributed by atoms with Gasteiger partial charge in [-0.25, -0.2) is 0 Å². The predicted molar refractivity (Wildman–Crippen MR) is 103 cm³/mol. The molecule has 26 heavy (non-hydrogen) atoms. The Morgan fingerprint density at radius 1 is 0.885 bits per heavy atom. The van der Waals surface area contributed by atoms with Crippen LogP contribution in [0.25, 0.3) is 0 Å². The fourth-order valence-electron chi connectivity index (χ4n) is 2.25. The summed E-state index contributed by atoms with van der Waals surface area (Å²) in [4.78, 5) is 12.1. The Morgan fingerprint density at radius 2 is 1.69 bits per heavy atom. The monoisotopic (exact) mass is 358 g/mol. The number of carbonyl (C=O) groups excluding carboxylic acids is 1. The molecule has 0 spiro atoms. The van der Waals surface area contributed by atoms with Gasteiger partial charge in [-0.1, -0.05) is 6.07 Å². The molecule has 0 heterocycles. The fourth-order valence-corrected chi connectivity index (χ4v) is 2.25. The number of carbonyl (C=O) groups is 1. The van der Waals surface area contributed by atoms with Crippen LogP contribution in [0.15, 0.2) is 48.5 Å². The molecule has 2 aromatic rings. The maximum Gasteiger partial charge on any atom is 0.243 e. The Bertz CT molecular complexity index is 674.